The second-order valence-corrected chi connectivity index (χ2v) is 6.06. The predicted molar refractivity (Wildman–Crippen MR) is 85.5 cm³/mol. The van der Waals surface area contributed by atoms with Gasteiger partial charge in [0.05, 0.1) is 24.5 Å². The fraction of sp³-hybridized carbons (Fsp3) is 0.471. The van der Waals surface area contributed by atoms with E-state index in [2.05, 4.69) is 27.8 Å². The maximum absolute atomic E-state index is 12.4. The molecule has 0 saturated carbocycles. The van der Waals surface area contributed by atoms with Gasteiger partial charge in [0.2, 0.25) is 5.91 Å². The van der Waals surface area contributed by atoms with Crippen LogP contribution in [0.2, 0.25) is 0 Å². The van der Waals surface area contributed by atoms with Crippen LogP contribution in [0, 0.1) is 5.92 Å². The van der Waals surface area contributed by atoms with Gasteiger partial charge in [-0.3, -0.25) is 4.79 Å². The summed E-state index contributed by atoms with van der Waals surface area (Å²) in [5.74, 6) is 0.0326. The van der Waals surface area contributed by atoms with Gasteiger partial charge in [0, 0.05) is 5.92 Å². The van der Waals surface area contributed by atoms with Crippen LogP contribution in [0.25, 0.3) is 0 Å². The molecule has 23 heavy (non-hydrogen) atoms. The number of hydrogen-bond donors (Lipinski definition) is 1. The molecule has 2 aromatic rings. The molecule has 0 spiro atoms. The van der Waals surface area contributed by atoms with E-state index in [0.29, 0.717) is 13.3 Å². The summed E-state index contributed by atoms with van der Waals surface area (Å²) in [4.78, 5) is 12.4. The van der Waals surface area contributed by atoms with Crippen molar-refractivity contribution in [2.45, 2.75) is 39.0 Å². The Balaban J connectivity index is 1.72. The number of rotatable bonds is 2. The lowest BCUT2D eigenvalue weighted by atomic mass is 10.0. The molecule has 0 aliphatic carbocycles. The van der Waals surface area contributed by atoms with Gasteiger partial charge in [-0.05, 0) is 24.8 Å². The largest absolute Gasteiger partial charge is 0.357 e. The van der Waals surface area contributed by atoms with Crippen molar-refractivity contribution in [1.29, 1.82) is 0 Å². The first-order chi connectivity index (χ1) is 11.2. The van der Waals surface area contributed by atoms with E-state index in [-0.39, 0.29) is 17.9 Å². The van der Waals surface area contributed by atoms with Crippen molar-refractivity contribution in [2.75, 3.05) is 6.61 Å². The zero-order valence-electron chi connectivity index (χ0n) is 13.3. The number of benzene rings is 1. The second kappa shape index (κ2) is 7.37. The molecule has 3 rings (SSSR count). The highest BCUT2D eigenvalue weighted by molar-refractivity contribution is 5.78. The van der Waals surface area contributed by atoms with Crippen molar-refractivity contribution < 1.29 is 9.53 Å². The maximum Gasteiger partial charge on any atom is 0.223 e. The minimum Gasteiger partial charge on any atom is -0.357 e. The standard InChI is InChI=1S/C17H22N4O2/c1-13-7-8-16-10-18-20-21(16)12-23-11-15(19-17(13)22)9-14-5-3-2-4-6-14/h2-6,10,13,15H,7-9,11-12H2,1H3,(H,19,22)/t13-,15-/m1/s1. The van der Waals surface area contributed by atoms with Gasteiger partial charge in [0.15, 0.2) is 0 Å². The average Bonchev–Trinajstić information content (AvgIpc) is 2.99. The van der Waals surface area contributed by atoms with Crippen LogP contribution in [0.3, 0.4) is 0 Å². The Morgan fingerprint density at radius 2 is 2.17 bits per heavy atom. The number of nitrogens with one attached hydrogen (secondary N) is 1. The van der Waals surface area contributed by atoms with Crippen molar-refractivity contribution >= 4 is 5.91 Å². The lowest BCUT2D eigenvalue weighted by Gasteiger charge is -2.20. The minimum atomic E-state index is -0.0466. The first kappa shape index (κ1) is 15.7. The Labute approximate surface area is 135 Å². The van der Waals surface area contributed by atoms with Crippen LogP contribution in [-0.4, -0.2) is 33.5 Å². The summed E-state index contributed by atoms with van der Waals surface area (Å²) >= 11 is 0. The number of ether oxygens (including phenoxy) is 1. The van der Waals surface area contributed by atoms with E-state index in [4.69, 9.17) is 4.74 Å². The highest BCUT2D eigenvalue weighted by Crippen LogP contribution is 2.12. The van der Waals surface area contributed by atoms with Crippen LogP contribution in [0.5, 0.6) is 0 Å². The Morgan fingerprint density at radius 1 is 1.35 bits per heavy atom. The van der Waals surface area contributed by atoms with Crippen LogP contribution >= 0.6 is 0 Å². The van der Waals surface area contributed by atoms with Crippen LogP contribution in [0.1, 0.15) is 24.6 Å². The maximum atomic E-state index is 12.4. The predicted octanol–water partition coefficient (Wildman–Crippen LogP) is 1.56. The number of carbonyl (C=O) groups is 1. The average molecular weight is 314 g/mol. The molecule has 0 unspecified atom stereocenters. The van der Waals surface area contributed by atoms with Gasteiger partial charge in [-0.1, -0.05) is 42.5 Å². The first-order valence-electron chi connectivity index (χ1n) is 8.02. The van der Waals surface area contributed by atoms with Crippen LogP contribution in [-0.2, 0) is 29.1 Å². The lowest BCUT2D eigenvalue weighted by molar-refractivity contribution is -0.125. The molecule has 1 N–H and O–H groups in total. The van der Waals surface area contributed by atoms with Gasteiger partial charge in [0.25, 0.3) is 0 Å². The quantitative estimate of drug-likeness (QED) is 0.913. The van der Waals surface area contributed by atoms with Crippen molar-refractivity contribution in [1.82, 2.24) is 20.3 Å². The lowest BCUT2D eigenvalue weighted by Crippen LogP contribution is -2.42. The molecule has 6 heteroatoms. The van der Waals surface area contributed by atoms with Gasteiger partial charge in [-0.25, -0.2) is 4.68 Å². The van der Waals surface area contributed by atoms with Gasteiger partial charge in [-0.15, -0.1) is 5.10 Å². The van der Waals surface area contributed by atoms with Crippen molar-refractivity contribution in [3.63, 3.8) is 0 Å². The molecule has 2 heterocycles. The molecule has 2 atom stereocenters. The molecule has 1 aliphatic heterocycles. The van der Waals surface area contributed by atoms with Crippen LogP contribution in [0.15, 0.2) is 36.5 Å². The number of aryl methyl sites for hydroxylation is 1. The van der Waals surface area contributed by atoms with Gasteiger partial charge < -0.3 is 10.1 Å². The number of aromatic nitrogens is 3. The number of fused-ring (bicyclic) bond motifs is 1. The molecule has 0 radical (unpaired) electrons. The Kier molecular flexibility index (Phi) is 5.02. The molecule has 0 saturated heterocycles. The third kappa shape index (κ3) is 4.16. The van der Waals surface area contributed by atoms with Crippen LogP contribution < -0.4 is 5.32 Å². The van der Waals surface area contributed by atoms with Crippen molar-refractivity contribution in [3.05, 3.63) is 47.8 Å². The molecule has 0 fully saturated rings. The molecule has 6 nitrogen and oxygen atoms in total. The van der Waals surface area contributed by atoms with E-state index in [0.717, 1.165) is 25.0 Å². The summed E-state index contributed by atoms with van der Waals surface area (Å²) in [6.07, 6.45) is 4.04. The highest BCUT2D eigenvalue weighted by Gasteiger charge is 2.20. The number of hydrogen-bond acceptors (Lipinski definition) is 4. The Bertz CT molecular complexity index is 641. The fourth-order valence-corrected chi connectivity index (χ4v) is 2.75. The van der Waals surface area contributed by atoms with E-state index < -0.39 is 0 Å². The van der Waals surface area contributed by atoms with Gasteiger partial charge in [-0.2, -0.15) is 0 Å². The fourth-order valence-electron chi connectivity index (χ4n) is 2.75. The molecule has 1 aromatic heterocycles. The molecule has 0 bridgehead atoms. The number of nitrogens with zero attached hydrogens (tertiary/aromatic N) is 3. The SMILES string of the molecule is C[C@@H]1CCc2cnnn2COC[C@@H](Cc2ccccc2)NC1=O. The molecule has 1 amide bonds. The molecule has 1 aromatic carbocycles. The first-order valence-corrected chi connectivity index (χ1v) is 8.02. The molecule has 122 valence electrons. The molecular formula is C17H22N4O2. The van der Waals surface area contributed by atoms with Crippen LogP contribution in [0.4, 0.5) is 0 Å². The smallest absolute Gasteiger partial charge is 0.223 e. The summed E-state index contributed by atoms with van der Waals surface area (Å²) in [7, 11) is 0. The normalized spacial score (nSPS) is 22.7. The molecule has 1 aliphatic rings. The number of carbonyl (C=O) groups excluding carboxylic acids is 1. The summed E-state index contributed by atoms with van der Waals surface area (Å²) in [5, 5.41) is 11.1. The highest BCUT2D eigenvalue weighted by atomic mass is 16.5. The summed E-state index contributed by atoms with van der Waals surface area (Å²) in [6.45, 7) is 2.78. The zero-order valence-corrected chi connectivity index (χ0v) is 13.3. The van der Waals surface area contributed by atoms with E-state index in [1.165, 1.54) is 5.56 Å². The van der Waals surface area contributed by atoms with Gasteiger partial charge in [0.1, 0.15) is 6.73 Å². The minimum absolute atomic E-state index is 0.0441. The monoisotopic (exact) mass is 314 g/mol. The van der Waals surface area contributed by atoms with Gasteiger partial charge >= 0.3 is 0 Å². The Morgan fingerprint density at radius 3 is 3.00 bits per heavy atom. The van der Waals surface area contributed by atoms with Crippen molar-refractivity contribution in [3.8, 4) is 0 Å². The third-order valence-electron chi connectivity index (χ3n) is 4.18. The number of amides is 1. The van der Waals surface area contributed by atoms with E-state index in [1.54, 1.807) is 10.9 Å². The van der Waals surface area contributed by atoms with E-state index in [1.807, 2.05) is 25.1 Å². The van der Waals surface area contributed by atoms with Crippen molar-refractivity contribution in [2.24, 2.45) is 5.92 Å². The third-order valence-corrected chi connectivity index (χ3v) is 4.18. The topological polar surface area (TPSA) is 69.0 Å². The zero-order chi connectivity index (χ0) is 16.1. The van der Waals surface area contributed by atoms with E-state index >= 15 is 0 Å². The van der Waals surface area contributed by atoms with E-state index in [9.17, 15) is 4.79 Å². The summed E-state index contributed by atoms with van der Waals surface area (Å²) < 4.78 is 7.53. The second-order valence-electron chi connectivity index (χ2n) is 6.06. The summed E-state index contributed by atoms with van der Waals surface area (Å²) in [6, 6.07) is 10.1. The summed E-state index contributed by atoms with van der Waals surface area (Å²) in [5.41, 5.74) is 2.19. The Hall–Kier alpha value is -2.21. The molecular weight excluding hydrogens is 292 g/mol.